The number of carboxylic acid groups (broad SMARTS) is 1. The van der Waals surface area contributed by atoms with E-state index in [0.29, 0.717) is 0 Å². The molecular formula is C4H9NO4. The maximum absolute atomic E-state index is 9.88. The molecule has 0 spiro atoms. The molecule has 1 atom stereocenters. The first kappa shape index (κ1) is 8.35. The van der Waals surface area contributed by atoms with Crippen molar-refractivity contribution in [2.24, 2.45) is 5.73 Å². The van der Waals surface area contributed by atoms with Crippen LogP contribution < -0.4 is 5.73 Å². The van der Waals surface area contributed by atoms with Crippen molar-refractivity contribution in [2.45, 2.75) is 18.8 Å². The van der Waals surface area contributed by atoms with Gasteiger partial charge in [0.25, 0.3) is 5.79 Å². The molecule has 0 fully saturated rings. The van der Waals surface area contributed by atoms with E-state index < -0.39 is 17.8 Å². The number of aliphatic hydroxyl groups is 2. The Labute approximate surface area is 51.7 Å². The van der Waals surface area contributed by atoms with Gasteiger partial charge in [-0.2, -0.15) is 0 Å². The van der Waals surface area contributed by atoms with Crippen LogP contribution in [0.25, 0.3) is 0 Å². The van der Waals surface area contributed by atoms with Crippen LogP contribution in [0.4, 0.5) is 0 Å². The summed E-state index contributed by atoms with van der Waals surface area (Å²) in [7, 11) is 0. The van der Waals surface area contributed by atoms with E-state index in [1.807, 2.05) is 0 Å². The number of aliphatic carboxylic acids is 1. The van der Waals surface area contributed by atoms with Crippen LogP contribution in [0.2, 0.25) is 0 Å². The predicted molar refractivity (Wildman–Crippen MR) is 28.5 cm³/mol. The van der Waals surface area contributed by atoms with Crippen molar-refractivity contribution in [2.75, 3.05) is 0 Å². The monoisotopic (exact) mass is 135 g/mol. The first-order chi connectivity index (χ1) is 3.89. The lowest BCUT2D eigenvalue weighted by molar-refractivity contribution is -0.208. The number of nitrogens with two attached hydrogens (primary N) is 1. The summed E-state index contributed by atoms with van der Waals surface area (Å²) in [5, 5.41) is 25.0. The second-order valence-electron chi connectivity index (χ2n) is 1.82. The van der Waals surface area contributed by atoms with Gasteiger partial charge in [0.1, 0.15) is 0 Å². The molecule has 5 nitrogen and oxygen atoms in total. The lowest BCUT2D eigenvalue weighted by Gasteiger charge is -2.19. The van der Waals surface area contributed by atoms with E-state index >= 15 is 0 Å². The number of rotatable bonds is 2. The lowest BCUT2D eigenvalue weighted by Crippen LogP contribution is -2.52. The summed E-state index contributed by atoms with van der Waals surface area (Å²) < 4.78 is 0. The highest BCUT2D eigenvalue weighted by molar-refractivity contribution is 5.75. The van der Waals surface area contributed by atoms with Gasteiger partial charge in [-0.05, 0) is 6.92 Å². The summed E-state index contributed by atoms with van der Waals surface area (Å²) in [6, 6.07) is -1.20. The van der Waals surface area contributed by atoms with Gasteiger partial charge in [0.05, 0.1) is 6.04 Å². The van der Waals surface area contributed by atoms with E-state index in [0.717, 1.165) is 0 Å². The fraction of sp³-hybridized carbons (Fsp3) is 0.750. The molecule has 0 heterocycles. The SMILES string of the molecule is C[C@H](N)C(O)(O)C(=O)O. The highest BCUT2D eigenvalue weighted by Gasteiger charge is 2.37. The highest BCUT2D eigenvalue weighted by Crippen LogP contribution is 2.02. The summed E-state index contributed by atoms with van der Waals surface area (Å²) in [5.74, 6) is -4.54. The Hall–Kier alpha value is -0.650. The first-order valence-electron chi connectivity index (χ1n) is 2.32. The van der Waals surface area contributed by atoms with Gasteiger partial charge in [0.2, 0.25) is 0 Å². The molecule has 0 aliphatic carbocycles. The lowest BCUT2D eigenvalue weighted by atomic mass is 10.1. The summed E-state index contributed by atoms with van der Waals surface area (Å²) in [6.45, 7) is 1.19. The van der Waals surface area contributed by atoms with Crippen molar-refractivity contribution >= 4 is 5.97 Å². The molecule has 5 heteroatoms. The average Bonchev–Trinajstić information content (AvgIpc) is 1.65. The van der Waals surface area contributed by atoms with Crippen LogP contribution in [-0.4, -0.2) is 33.1 Å². The Balaban J connectivity index is 4.19. The number of hydrogen-bond acceptors (Lipinski definition) is 4. The average molecular weight is 135 g/mol. The first-order valence-corrected chi connectivity index (χ1v) is 2.32. The molecule has 0 unspecified atom stereocenters. The number of carboxylic acids is 1. The van der Waals surface area contributed by atoms with Crippen molar-refractivity contribution in [3.63, 3.8) is 0 Å². The summed E-state index contributed by atoms with van der Waals surface area (Å²) in [5.41, 5.74) is 4.89. The Morgan fingerprint density at radius 3 is 2.00 bits per heavy atom. The van der Waals surface area contributed by atoms with E-state index in [2.05, 4.69) is 0 Å². The molecule has 0 radical (unpaired) electrons. The third-order valence-electron chi connectivity index (χ3n) is 0.950. The molecule has 0 rings (SSSR count). The minimum Gasteiger partial charge on any atom is -0.477 e. The maximum Gasteiger partial charge on any atom is 0.365 e. The fourth-order valence-corrected chi connectivity index (χ4v) is 0.195. The predicted octanol–water partition coefficient (Wildman–Crippen LogP) is -1.90. The number of carbonyl (C=O) groups is 1. The zero-order chi connectivity index (χ0) is 7.65. The van der Waals surface area contributed by atoms with Crippen LogP contribution in [0.5, 0.6) is 0 Å². The van der Waals surface area contributed by atoms with Crippen molar-refractivity contribution < 1.29 is 20.1 Å². The van der Waals surface area contributed by atoms with Crippen molar-refractivity contribution in [3.05, 3.63) is 0 Å². The topological polar surface area (TPSA) is 104 Å². The minimum atomic E-state index is -2.81. The van der Waals surface area contributed by atoms with Gasteiger partial charge in [-0.25, -0.2) is 4.79 Å². The van der Waals surface area contributed by atoms with Crippen LogP contribution in [0, 0.1) is 0 Å². The molecule has 0 bridgehead atoms. The molecule has 0 aliphatic heterocycles. The molecule has 54 valence electrons. The van der Waals surface area contributed by atoms with Gasteiger partial charge in [-0.1, -0.05) is 0 Å². The molecule has 5 N–H and O–H groups in total. The Morgan fingerprint density at radius 2 is 2.00 bits per heavy atom. The number of hydrogen-bond donors (Lipinski definition) is 4. The van der Waals surface area contributed by atoms with Crippen LogP contribution in [0.1, 0.15) is 6.92 Å². The normalized spacial score (nSPS) is 15.1. The van der Waals surface area contributed by atoms with E-state index in [-0.39, 0.29) is 0 Å². The molecule has 0 aliphatic rings. The highest BCUT2D eigenvalue weighted by atomic mass is 16.5. The second-order valence-corrected chi connectivity index (χ2v) is 1.82. The van der Waals surface area contributed by atoms with E-state index in [1.165, 1.54) is 6.92 Å². The fourth-order valence-electron chi connectivity index (χ4n) is 0.195. The van der Waals surface area contributed by atoms with E-state index in [9.17, 15) is 4.79 Å². The maximum atomic E-state index is 9.88. The molecule has 0 saturated carbocycles. The molecular weight excluding hydrogens is 126 g/mol. The van der Waals surface area contributed by atoms with Gasteiger partial charge < -0.3 is 21.1 Å². The van der Waals surface area contributed by atoms with Crippen LogP contribution in [0.3, 0.4) is 0 Å². The minimum absolute atomic E-state index is 1.19. The summed E-state index contributed by atoms with van der Waals surface area (Å²) >= 11 is 0. The summed E-state index contributed by atoms with van der Waals surface area (Å²) in [4.78, 5) is 9.88. The standard InChI is InChI=1S/C4H9NO4/c1-2(5)4(8,9)3(6)7/h2,8-9H,5H2,1H3,(H,6,7)/t2-/m0/s1. The molecule has 0 aromatic heterocycles. The van der Waals surface area contributed by atoms with E-state index in [1.54, 1.807) is 0 Å². The zero-order valence-corrected chi connectivity index (χ0v) is 4.90. The molecule has 0 aromatic carbocycles. The van der Waals surface area contributed by atoms with Crippen LogP contribution in [-0.2, 0) is 4.79 Å². The molecule has 0 saturated heterocycles. The van der Waals surface area contributed by atoms with Gasteiger partial charge >= 0.3 is 5.97 Å². The third-order valence-corrected chi connectivity index (χ3v) is 0.950. The molecule has 9 heavy (non-hydrogen) atoms. The smallest absolute Gasteiger partial charge is 0.365 e. The Kier molecular flexibility index (Phi) is 2.13. The largest absolute Gasteiger partial charge is 0.477 e. The van der Waals surface area contributed by atoms with Crippen LogP contribution in [0.15, 0.2) is 0 Å². The quantitative estimate of drug-likeness (QED) is 0.331. The van der Waals surface area contributed by atoms with E-state index in [4.69, 9.17) is 21.1 Å². The Bertz CT molecular complexity index is 120. The van der Waals surface area contributed by atoms with Gasteiger partial charge in [0.15, 0.2) is 0 Å². The van der Waals surface area contributed by atoms with Crippen molar-refractivity contribution in [1.29, 1.82) is 0 Å². The van der Waals surface area contributed by atoms with Crippen molar-refractivity contribution in [3.8, 4) is 0 Å². The van der Waals surface area contributed by atoms with Crippen LogP contribution >= 0.6 is 0 Å². The van der Waals surface area contributed by atoms with Crippen molar-refractivity contribution in [1.82, 2.24) is 0 Å². The van der Waals surface area contributed by atoms with Gasteiger partial charge in [0, 0.05) is 0 Å². The van der Waals surface area contributed by atoms with Gasteiger partial charge in [-0.3, -0.25) is 0 Å². The second kappa shape index (κ2) is 2.30. The molecule has 0 amide bonds. The Morgan fingerprint density at radius 1 is 1.67 bits per heavy atom. The third kappa shape index (κ3) is 1.63. The zero-order valence-electron chi connectivity index (χ0n) is 4.90. The molecule has 0 aromatic rings. The van der Waals surface area contributed by atoms with Gasteiger partial charge in [-0.15, -0.1) is 0 Å². The summed E-state index contributed by atoms with van der Waals surface area (Å²) in [6.07, 6.45) is 0.